The van der Waals surface area contributed by atoms with Crippen LogP contribution in [0.25, 0.3) is 0 Å². The average molecular weight is 252 g/mol. The molecule has 1 aliphatic heterocycles. The molecule has 0 aliphatic carbocycles. The van der Waals surface area contributed by atoms with Crippen LogP contribution in [-0.4, -0.2) is 46.0 Å². The molecule has 1 fully saturated rings. The van der Waals surface area contributed by atoms with Crippen LogP contribution in [0, 0.1) is 10.1 Å². The Morgan fingerprint density at radius 3 is 2.83 bits per heavy atom. The molecule has 1 aliphatic rings. The number of anilines is 2. The molecule has 0 spiro atoms. The van der Waals surface area contributed by atoms with Crippen molar-refractivity contribution < 1.29 is 4.92 Å². The van der Waals surface area contributed by atoms with E-state index in [-0.39, 0.29) is 17.3 Å². The third-order valence-electron chi connectivity index (χ3n) is 2.95. The van der Waals surface area contributed by atoms with E-state index in [0.29, 0.717) is 6.54 Å². The summed E-state index contributed by atoms with van der Waals surface area (Å²) in [4.78, 5) is 20.1. The van der Waals surface area contributed by atoms with Crippen molar-refractivity contribution in [3.8, 4) is 0 Å². The summed E-state index contributed by atoms with van der Waals surface area (Å²) in [6.07, 6.45) is 3.67. The van der Waals surface area contributed by atoms with E-state index in [0.717, 1.165) is 19.6 Å². The largest absolute Gasteiger partial charge is 0.378 e. The van der Waals surface area contributed by atoms with Gasteiger partial charge in [-0.2, -0.15) is 0 Å². The van der Waals surface area contributed by atoms with Gasteiger partial charge in [0.25, 0.3) is 0 Å². The maximum atomic E-state index is 10.9. The highest BCUT2D eigenvalue weighted by molar-refractivity contribution is 5.67. The lowest BCUT2D eigenvalue weighted by Crippen LogP contribution is -2.26. The van der Waals surface area contributed by atoms with Crippen molar-refractivity contribution in [2.45, 2.75) is 12.8 Å². The van der Waals surface area contributed by atoms with Gasteiger partial charge in [0.05, 0.1) is 4.92 Å². The zero-order valence-corrected chi connectivity index (χ0v) is 10.0. The number of hydrogen-bond donors (Lipinski definition) is 2. The Morgan fingerprint density at radius 1 is 1.44 bits per heavy atom. The molecule has 8 nitrogen and oxygen atoms in total. The van der Waals surface area contributed by atoms with Crippen molar-refractivity contribution in [2.75, 3.05) is 37.2 Å². The Bertz CT molecular complexity index is 432. The molecule has 0 aromatic carbocycles. The number of likely N-dealkylation sites (tertiary alicyclic amines) is 1. The highest BCUT2D eigenvalue weighted by atomic mass is 16.6. The van der Waals surface area contributed by atoms with Gasteiger partial charge in [0, 0.05) is 13.1 Å². The SMILES string of the molecule is Nc1ncnc(NCCN2CCCC2)c1[N+](=O)[O-]. The van der Waals surface area contributed by atoms with Gasteiger partial charge in [0.2, 0.25) is 11.6 Å². The first-order valence-electron chi connectivity index (χ1n) is 5.89. The Hall–Kier alpha value is -1.96. The minimum Gasteiger partial charge on any atom is -0.378 e. The zero-order valence-electron chi connectivity index (χ0n) is 10.0. The molecule has 18 heavy (non-hydrogen) atoms. The third kappa shape index (κ3) is 2.83. The fourth-order valence-corrected chi connectivity index (χ4v) is 2.04. The van der Waals surface area contributed by atoms with Crippen LogP contribution < -0.4 is 11.1 Å². The Kier molecular flexibility index (Phi) is 3.88. The summed E-state index contributed by atoms with van der Waals surface area (Å²) in [5.41, 5.74) is 5.22. The molecule has 1 saturated heterocycles. The molecule has 0 unspecified atom stereocenters. The van der Waals surface area contributed by atoms with Gasteiger partial charge in [-0.3, -0.25) is 10.1 Å². The number of hydrogen-bond acceptors (Lipinski definition) is 7. The molecular weight excluding hydrogens is 236 g/mol. The molecule has 0 radical (unpaired) electrons. The fraction of sp³-hybridized carbons (Fsp3) is 0.600. The quantitative estimate of drug-likeness (QED) is 0.579. The number of aromatic nitrogens is 2. The van der Waals surface area contributed by atoms with Gasteiger partial charge in [0.15, 0.2) is 0 Å². The molecule has 0 bridgehead atoms. The van der Waals surface area contributed by atoms with E-state index in [2.05, 4.69) is 20.2 Å². The molecule has 98 valence electrons. The zero-order chi connectivity index (χ0) is 13.0. The van der Waals surface area contributed by atoms with Gasteiger partial charge < -0.3 is 16.0 Å². The minimum absolute atomic E-state index is 0.112. The van der Waals surface area contributed by atoms with Crippen LogP contribution in [0.4, 0.5) is 17.3 Å². The van der Waals surface area contributed by atoms with Crippen molar-refractivity contribution in [3.63, 3.8) is 0 Å². The summed E-state index contributed by atoms with van der Waals surface area (Å²) in [5, 5.41) is 13.8. The first-order chi connectivity index (χ1) is 8.68. The van der Waals surface area contributed by atoms with E-state index < -0.39 is 4.92 Å². The van der Waals surface area contributed by atoms with Crippen LogP contribution in [0.2, 0.25) is 0 Å². The predicted molar refractivity (Wildman–Crippen MR) is 67.3 cm³/mol. The van der Waals surface area contributed by atoms with Crippen LogP contribution >= 0.6 is 0 Å². The number of nitrogens with two attached hydrogens (primary N) is 1. The van der Waals surface area contributed by atoms with Gasteiger partial charge in [-0.1, -0.05) is 0 Å². The molecular formula is C10H16N6O2. The van der Waals surface area contributed by atoms with Crippen molar-refractivity contribution in [1.29, 1.82) is 0 Å². The first kappa shape index (κ1) is 12.5. The molecule has 2 rings (SSSR count). The molecule has 2 heterocycles. The van der Waals surface area contributed by atoms with Crippen LogP contribution in [0.15, 0.2) is 6.33 Å². The summed E-state index contributed by atoms with van der Waals surface area (Å²) in [6.45, 7) is 3.64. The van der Waals surface area contributed by atoms with Gasteiger partial charge in [0.1, 0.15) is 6.33 Å². The highest BCUT2D eigenvalue weighted by Crippen LogP contribution is 2.25. The molecule has 1 aromatic rings. The lowest BCUT2D eigenvalue weighted by Gasteiger charge is -2.14. The number of nitro groups is 1. The Labute approximate surface area is 104 Å². The smallest absolute Gasteiger partial charge is 0.352 e. The van der Waals surface area contributed by atoms with E-state index in [9.17, 15) is 10.1 Å². The number of rotatable bonds is 5. The van der Waals surface area contributed by atoms with Gasteiger partial charge in [-0.05, 0) is 25.9 Å². The van der Waals surface area contributed by atoms with E-state index in [4.69, 9.17) is 5.73 Å². The van der Waals surface area contributed by atoms with Gasteiger partial charge in [-0.15, -0.1) is 0 Å². The molecule has 0 amide bonds. The first-order valence-corrected chi connectivity index (χ1v) is 5.89. The maximum absolute atomic E-state index is 10.9. The number of nitrogens with zero attached hydrogens (tertiary/aromatic N) is 4. The van der Waals surface area contributed by atoms with E-state index in [1.165, 1.54) is 19.2 Å². The monoisotopic (exact) mass is 252 g/mol. The highest BCUT2D eigenvalue weighted by Gasteiger charge is 2.20. The van der Waals surface area contributed by atoms with Crippen molar-refractivity contribution in [1.82, 2.24) is 14.9 Å². The summed E-state index contributed by atoms with van der Waals surface area (Å²) in [5.74, 6) is 0.0744. The second-order valence-electron chi connectivity index (χ2n) is 4.19. The van der Waals surface area contributed by atoms with Crippen molar-refractivity contribution in [2.24, 2.45) is 0 Å². The predicted octanol–water partition coefficient (Wildman–Crippen LogP) is 0.475. The fourth-order valence-electron chi connectivity index (χ4n) is 2.04. The molecule has 3 N–H and O–H groups in total. The summed E-state index contributed by atoms with van der Waals surface area (Å²) in [6, 6.07) is 0. The number of nitrogen functional groups attached to an aromatic ring is 1. The lowest BCUT2D eigenvalue weighted by molar-refractivity contribution is -0.383. The van der Waals surface area contributed by atoms with Gasteiger partial charge >= 0.3 is 5.69 Å². The lowest BCUT2D eigenvalue weighted by atomic mass is 10.4. The Morgan fingerprint density at radius 2 is 2.17 bits per heavy atom. The summed E-state index contributed by atoms with van der Waals surface area (Å²) >= 11 is 0. The average Bonchev–Trinajstić information content (AvgIpc) is 2.81. The van der Waals surface area contributed by atoms with E-state index in [1.807, 2.05) is 0 Å². The number of nitrogens with one attached hydrogen (secondary N) is 1. The standard InChI is InChI=1S/C10H16N6O2/c11-9-8(16(17)18)10(14-7-13-9)12-3-6-15-4-1-2-5-15/h7H,1-6H2,(H3,11,12,13,14). The van der Waals surface area contributed by atoms with Crippen LogP contribution in [0.1, 0.15) is 12.8 Å². The minimum atomic E-state index is -0.562. The molecule has 0 atom stereocenters. The van der Waals surface area contributed by atoms with Crippen LogP contribution in [-0.2, 0) is 0 Å². The van der Waals surface area contributed by atoms with Crippen molar-refractivity contribution >= 4 is 17.3 Å². The normalized spacial score (nSPS) is 15.8. The summed E-state index contributed by atoms with van der Waals surface area (Å²) in [7, 11) is 0. The third-order valence-corrected chi connectivity index (χ3v) is 2.95. The topological polar surface area (TPSA) is 110 Å². The van der Waals surface area contributed by atoms with Gasteiger partial charge in [-0.25, -0.2) is 9.97 Å². The van der Waals surface area contributed by atoms with Crippen LogP contribution in [0.3, 0.4) is 0 Å². The van der Waals surface area contributed by atoms with Crippen LogP contribution in [0.5, 0.6) is 0 Å². The molecule has 0 saturated carbocycles. The van der Waals surface area contributed by atoms with E-state index in [1.54, 1.807) is 0 Å². The second kappa shape index (κ2) is 5.58. The van der Waals surface area contributed by atoms with Crippen molar-refractivity contribution in [3.05, 3.63) is 16.4 Å². The Balaban J connectivity index is 1.96. The second-order valence-corrected chi connectivity index (χ2v) is 4.19. The summed E-state index contributed by atoms with van der Waals surface area (Å²) < 4.78 is 0. The maximum Gasteiger partial charge on any atom is 0.352 e. The van der Waals surface area contributed by atoms with E-state index >= 15 is 0 Å². The molecule has 8 heteroatoms. The molecule has 1 aromatic heterocycles.